The molecule has 1 N–H and O–H groups in total. The van der Waals surface area contributed by atoms with Crippen LogP contribution >= 0.6 is 0 Å². The highest BCUT2D eigenvalue weighted by Crippen LogP contribution is 2.27. The Bertz CT molecular complexity index is 584. The zero-order valence-corrected chi connectivity index (χ0v) is 12.4. The summed E-state index contributed by atoms with van der Waals surface area (Å²) in [6, 6.07) is 17.6. The fourth-order valence-electron chi connectivity index (χ4n) is 2.00. The number of methoxy groups -OCH3 is 1. The van der Waals surface area contributed by atoms with Crippen molar-refractivity contribution in [2.45, 2.75) is 0 Å². The van der Waals surface area contributed by atoms with Gasteiger partial charge in [0.15, 0.2) is 0 Å². The van der Waals surface area contributed by atoms with Gasteiger partial charge in [-0.2, -0.15) is 0 Å². The molecule has 4 nitrogen and oxygen atoms in total. The molecule has 0 bridgehead atoms. The van der Waals surface area contributed by atoms with Crippen molar-refractivity contribution in [2.75, 3.05) is 32.6 Å². The van der Waals surface area contributed by atoms with Crippen LogP contribution < -0.4 is 5.32 Å². The lowest BCUT2D eigenvalue weighted by molar-refractivity contribution is 0.165. The average Bonchev–Trinajstić information content (AvgIpc) is 2.54. The van der Waals surface area contributed by atoms with Crippen molar-refractivity contribution >= 4 is 11.7 Å². The first-order valence-electron chi connectivity index (χ1n) is 6.88. The van der Waals surface area contributed by atoms with E-state index < -0.39 is 0 Å². The number of carbonyl (C=O) groups is 1. The molecule has 110 valence electrons. The van der Waals surface area contributed by atoms with Gasteiger partial charge in [-0.15, -0.1) is 0 Å². The van der Waals surface area contributed by atoms with Crippen LogP contribution in [-0.2, 0) is 4.74 Å². The zero-order chi connectivity index (χ0) is 15.1. The summed E-state index contributed by atoms with van der Waals surface area (Å²) >= 11 is 0. The lowest BCUT2D eigenvalue weighted by Crippen LogP contribution is -2.33. The smallest absolute Gasteiger partial charge is 0.321 e. The van der Waals surface area contributed by atoms with E-state index in [1.54, 1.807) is 19.1 Å². The Morgan fingerprint density at radius 2 is 1.76 bits per heavy atom. The lowest BCUT2D eigenvalue weighted by atomic mass is 10.0. The number of carbonyl (C=O) groups excluding carboxylic acids is 1. The Labute approximate surface area is 125 Å². The molecule has 0 saturated carbocycles. The SMILES string of the molecule is COCCN(C)C(=O)Nc1ccccc1-c1ccccc1. The Balaban J connectivity index is 2.16. The molecule has 2 rings (SSSR count). The van der Waals surface area contributed by atoms with Crippen LogP contribution in [0, 0.1) is 0 Å². The number of amides is 2. The summed E-state index contributed by atoms with van der Waals surface area (Å²) in [6.45, 7) is 1.07. The highest BCUT2D eigenvalue weighted by Gasteiger charge is 2.11. The minimum Gasteiger partial charge on any atom is -0.383 e. The molecule has 0 aliphatic heterocycles. The third kappa shape index (κ3) is 4.07. The third-order valence-corrected chi connectivity index (χ3v) is 3.23. The first kappa shape index (κ1) is 15.1. The third-order valence-electron chi connectivity index (χ3n) is 3.23. The molecule has 2 amide bonds. The summed E-state index contributed by atoms with van der Waals surface area (Å²) in [5, 5.41) is 2.95. The lowest BCUT2D eigenvalue weighted by Gasteiger charge is -2.19. The number of nitrogens with zero attached hydrogens (tertiary/aromatic N) is 1. The van der Waals surface area contributed by atoms with Gasteiger partial charge >= 0.3 is 6.03 Å². The molecule has 0 aliphatic rings. The van der Waals surface area contributed by atoms with E-state index in [1.165, 1.54) is 0 Å². The van der Waals surface area contributed by atoms with Crippen molar-refractivity contribution < 1.29 is 9.53 Å². The van der Waals surface area contributed by atoms with Crippen molar-refractivity contribution in [3.8, 4) is 11.1 Å². The fourth-order valence-corrected chi connectivity index (χ4v) is 2.00. The van der Waals surface area contributed by atoms with Gasteiger partial charge in [-0.3, -0.25) is 0 Å². The Morgan fingerprint density at radius 1 is 1.10 bits per heavy atom. The highest BCUT2D eigenvalue weighted by molar-refractivity contribution is 5.94. The number of anilines is 1. The summed E-state index contributed by atoms with van der Waals surface area (Å²) in [6.07, 6.45) is 0. The molecule has 2 aromatic carbocycles. The van der Waals surface area contributed by atoms with Gasteiger partial charge in [-0.1, -0.05) is 48.5 Å². The number of para-hydroxylation sites is 1. The maximum atomic E-state index is 12.2. The average molecular weight is 284 g/mol. The standard InChI is InChI=1S/C17H20N2O2/c1-19(12-13-21-2)17(20)18-16-11-7-6-10-15(16)14-8-4-3-5-9-14/h3-11H,12-13H2,1-2H3,(H,18,20). The van der Waals surface area contributed by atoms with E-state index in [4.69, 9.17) is 4.74 Å². The van der Waals surface area contributed by atoms with Crippen LogP contribution in [0.4, 0.5) is 10.5 Å². The topological polar surface area (TPSA) is 41.6 Å². The van der Waals surface area contributed by atoms with Crippen molar-refractivity contribution in [1.82, 2.24) is 4.90 Å². The molecular weight excluding hydrogens is 264 g/mol. The van der Waals surface area contributed by atoms with Gasteiger partial charge in [0.05, 0.1) is 12.3 Å². The number of hydrogen-bond acceptors (Lipinski definition) is 2. The Morgan fingerprint density at radius 3 is 2.48 bits per heavy atom. The normalized spacial score (nSPS) is 10.2. The maximum absolute atomic E-state index is 12.2. The minimum absolute atomic E-state index is 0.143. The van der Waals surface area contributed by atoms with E-state index in [9.17, 15) is 4.79 Å². The van der Waals surface area contributed by atoms with Crippen LogP contribution in [0.25, 0.3) is 11.1 Å². The van der Waals surface area contributed by atoms with Gasteiger partial charge in [0.25, 0.3) is 0 Å². The predicted octanol–water partition coefficient (Wildman–Crippen LogP) is 3.46. The van der Waals surface area contributed by atoms with E-state index in [1.807, 2.05) is 54.6 Å². The summed E-state index contributed by atoms with van der Waals surface area (Å²) in [7, 11) is 3.37. The molecule has 2 aromatic rings. The summed E-state index contributed by atoms with van der Waals surface area (Å²) in [5.41, 5.74) is 2.89. The van der Waals surface area contributed by atoms with Crippen molar-refractivity contribution in [1.29, 1.82) is 0 Å². The van der Waals surface area contributed by atoms with Crippen LogP contribution in [0.1, 0.15) is 0 Å². The summed E-state index contributed by atoms with van der Waals surface area (Å²) in [5.74, 6) is 0. The van der Waals surface area contributed by atoms with Crippen LogP contribution in [0.3, 0.4) is 0 Å². The summed E-state index contributed by atoms with van der Waals surface area (Å²) in [4.78, 5) is 13.8. The van der Waals surface area contributed by atoms with Gasteiger partial charge in [-0.25, -0.2) is 4.79 Å². The molecule has 0 radical (unpaired) electrons. The quantitative estimate of drug-likeness (QED) is 0.913. The number of rotatable bonds is 5. The monoisotopic (exact) mass is 284 g/mol. The van der Waals surface area contributed by atoms with Gasteiger partial charge in [0.1, 0.15) is 0 Å². The number of benzene rings is 2. The predicted molar refractivity (Wildman–Crippen MR) is 85.4 cm³/mol. The largest absolute Gasteiger partial charge is 0.383 e. The number of hydrogen-bond donors (Lipinski definition) is 1. The molecule has 0 atom stereocenters. The van der Waals surface area contributed by atoms with E-state index in [0.29, 0.717) is 13.2 Å². The maximum Gasteiger partial charge on any atom is 0.321 e. The molecule has 0 spiro atoms. The van der Waals surface area contributed by atoms with Crippen molar-refractivity contribution in [3.63, 3.8) is 0 Å². The van der Waals surface area contributed by atoms with Crippen LogP contribution in [0.15, 0.2) is 54.6 Å². The van der Waals surface area contributed by atoms with Crippen LogP contribution in [-0.4, -0.2) is 38.2 Å². The molecular formula is C17H20N2O2. The second-order valence-electron chi connectivity index (χ2n) is 4.76. The van der Waals surface area contributed by atoms with Gasteiger partial charge < -0.3 is 15.0 Å². The van der Waals surface area contributed by atoms with E-state index in [2.05, 4.69) is 5.32 Å². The number of likely N-dealkylation sites (N-methyl/N-ethyl adjacent to an activating group) is 1. The molecule has 0 unspecified atom stereocenters. The molecule has 4 heteroatoms. The first-order valence-corrected chi connectivity index (χ1v) is 6.88. The highest BCUT2D eigenvalue weighted by atomic mass is 16.5. The van der Waals surface area contributed by atoms with E-state index >= 15 is 0 Å². The van der Waals surface area contributed by atoms with Gasteiger partial charge in [0.2, 0.25) is 0 Å². The van der Waals surface area contributed by atoms with E-state index in [0.717, 1.165) is 16.8 Å². The minimum atomic E-state index is -0.143. The first-order chi connectivity index (χ1) is 10.2. The molecule has 21 heavy (non-hydrogen) atoms. The van der Waals surface area contributed by atoms with E-state index in [-0.39, 0.29) is 6.03 Å². The van der Waals surface area contributed by atoms with Crippen LogP contribution in [0.5, 0.6) is 0 Å². The zero-order valence-electron chi connectivity index (χ0n) is 12.4. The second kappa shape index (κ2) is 7.45. The Hall–Kier alpha value is -2.33. The van der Waals surface area contributed by atoms with Gasteiger partial charge in [-0.05, 0) is 11.6 Å². The fraction of sp³-hybridized carbons (Fsp3) is 0.235. The van der Waals surface area contributed by atoms with Crippen LogP contribution in [0.2, 0.25) is 0 Å². The Kier molecular flexibility index (Phi) is 5.35. The number of ether oxygens (including phenoxy) is 1. The second-order valence-corrected chi connectivity index (χ2v) is 4.76. The van der Waals surface area contributed by atoms with Crippen molar-refractivity contribution in [2.24, 2.45) is 0 Å². The molecule has 0 heterocycles. The molecule has 0 aromatic heterocycles. The molecule has 0 aliphatic carbocycles. The number of urea groups is 1. The molecule has 0 fully saturated rings. The summed E-state index contributed by atoms with van der Waals surface area (Å²) < 4.78 is 4.98. The van der Waals surface area contributed by atoms with Crippen molar-refractivity contribution in [3.05, 3.63) is 54.6 Å². The number of nitrogens with one attached hydrogen (secondary N) is 1. The molecule has 0 saturated heterocycles. The van der Waals surface area contributed by atoms with Gasteiger partial charge in [0, 0.05) is 26.3 Å².